The van der Waals surface area contributed by atoms with Crippen molar-refractivity contribution < 1.29 is 19.4 Å². The fourth-order valence-corrected chi connectivity index (χ4v) is 2.98. The van der Waals surface area contributed by atoms with E-state index in [2.05, 4.69) is 0 Å². The Morgan fingerprint density at radius 1 is 1.33 bits per heavy atom. The molecular weight excluding hydrogens is 272 g/mol. The molecule has 1 saturated carbocycles. The first-order chi connectivity index (χ1) is 10.0. The minimum Gasteiger partial charge on any atom is -0.481 e. The minimum atomic E-state index is -0.892. The molecule has 0 bridgehead atoms. The van der Waals surface area contributed by atoms with Gasteiger partial charge in [0.05, 0.1) is 30.9 Å². The van der Waals surface area contributed by atoms with E-state index in [0.717, 1.165) is 6.42 Å². The van der Waals surface area contributed by atoms with Gasteiger partial charge in [0.2, 0.25) is 5.91 Å². The van der Waals surface area contributed by atoms with E-state index in [0.29, 0.717) is 38.5 Å². The zero-order valence-electron chi connectivity index (χ0n) is 12.7. The predicted octanol–water partition coefficient (Wildman–Crippen LogP) is 1.51. The van der Waals surface area contributed by atoms with Crippen molar-refractivity contribution >= 4 is 11.9 Å². The summed E-state index contributed by atoms with van der Waals surface area (Å²) in [5, 5.41) is 18.0. The fraction of sp³-hybridized carbons (Fsp3) is 0.800. The molecule has 0 aromatic carbocycles. The molecule has 1 fully saturated rings. The van der Waals surface area contributed by atoms with Crippen LogP contribution >= 0.6 is 0 Å². The average Bonchev–Trinajstić information content (AvgIpc) is 2.91. The number of hydrogen-bond donors (Lipinski definition) is 1. The zero-order valence-corrected chi connectivity index (χ0v) is 12.7. The lowest BCUT2D eigenvalue weighted by atomic mass is 9.94. The highest BCUT2D eigenvalue weighted by Crippen LogP contribution is 2.39. The molecule has 0 spiro atoms. The lowest BCUT2D eigenvalue weighted by Crippen LogP contribution is -2.41. The van der Waals surface area contributed by atoms with E-state index in [1.165, 1.54) is 0 Å². The molecule has 21 heavy (non-hydrogen) atoms. The summed E-state index contributed by atoms with van der Waals surface area (Å²) in [6, 6.07) is 2.02. The van der Waals surface area contributed by atoms with Gasteiger partial charge in [-0.2, -0.15) is 5.26 Å². The normalized spacial score (nSPS) is 24.5. The molecule has 0 aliphatic heterocycles. The number of ether oxygens (including phenoxy) is 1. The Morgan fingerprint density at radius 2 is 2.00 bits per heavy atom. The molecule has 6 heteroatoms. The maximum atomic E-state index is 12.6. The molecule has 6 nitrogen and oxygen atoms in total. The van der Waals surface area contributed by atoms with Gasteiger partial charge >= 0.3 is 5.97 Å². The maximum absolute atomic E-state index is 12.6. The van der Waals surface area contributed by atoms with Crippen LogP contribution in [0.5, 0.6) is 0 Å². The quantitative estimate of drug-likeness (QED) is 0.733. The number of carboxylic acids is 1. The summed E-state index contributed by atoms with van der Waals surface area (Å²) >= 11 is 0. The Kier molecular flexibility index (Phi) is 7.17. The smallest absolute Gasteiger partial charge is 0.307 e. The molecule has 1 rings (SSSR count). The van der Waals surface area contributed by atoms with Crippen LogP contribution in [0, 0.1) is 29.1 Å². The van der Waals surface area contributed by atoms with Gasteiger partial charge in [-0.25, -0.2) is 0 Å². The number of carbonyl (C=O) groups is 2. The van der Waals surface area contributed by atoms with Crippen LogP contribution < -0.4 is 0 Å². The van der Waals surface area contributed by atoms with Crippen molar-refractivity contribution in [3.63, 3.8) is 0 Å². The molecule has 0 radical (unpaired) electrons. The number of amides is 1. The first-order valence-corrected chi connectivity index (χ1v) is 7.42. The van der Waals surface area contributed by atoms with Crippen LogP contribution in [-0.2, 0) is 14.3 Å². The predicted molar refractivity (Wildman–Crippen MR) is 76.3 cm³/mol. The molecule has 1 aliphatic carbocycles. The second-order valence-corrected chi connectivity index (χ2v) is 5.52. The second kappa shape index (κ2) is 8.63. The van der Waals surface area contributed by atoms with Crippen molar-refractivity contribution in [3.05, 3.63) is 0 Å². The van der Waals surface area contributed by atoms with Crippen LogP contribution in [0.2, 0.25) is 0 Å². The number of carbonyl (C=O) groups excluding carboxylic acids is 1. The Labute approximate surface area is 125 Å². The second-order valence-electron chi connectivity index (χ2n) is 5.52. The highest BCUT2D eigenvalue weighted by Gasteiger charge is 2.43. The molecule has 0 heterocycles. The third-order valence-corrected chi connectivity index (χ3v) is 4.24. The average molecular weight is 296 g/mol. The largest absolute Gasteiger partial charge is 0.481 e. The van der Waals surface area contributed by atoms with Gasteiger partial charge in [0.15, 0.2) is 0 Å². The summed E-state index contributed by atoms with van der Waals surface area (Å²) < 4.78 is 4.99. The molecular formula is C15H24N2O4. The SMILES string of the molecule is CCC1CC(C(=O)O)C(C(=O)N(CCC#N)CCOC)C1. The van der Waals surface area contributed by atoms with Crippen LogP contribution in [0.4, 0.5) is 0 Å². The van der Waals surface area contributed by atoms with Crippen LogP contribution in [0.25, 0.3) is 0 Å². The van der Waals surface area contributed by atoms with Gasteiger partial charge in [-0.1, -0.05) is 13.3 Å². The van der Waals surface area contributed by atoms with E-state index in [1.54, 1.807) is 12.0 Å². The Bertz CT molecular complexity index is 405. The number of hydrogen-bond acceptors (Lipinski definition) is 4. The van der Waals surface area contributed by atoms with Gasteiger partial charge in [0.1, 0.15) is 0 Å². The summed E-state index contributed by atoms with van der Waals surface area (Å²) in [5.41, 5.74) is 0. The minimum absolute atomic E-state index is 0.148. The number of rotatable bonds is 8. The molecule has 118 valence electrons. The first-order valence-electron chi connectivity index (χ1n) is 7.42. The van der Waals surface area contributed by atoms with Crippen molar-refractivity contribution in [3.8, 4) is 6.07 Å². The summed E-state index contributed by atoms with van der Waals surface area (Å²) in [7, 11) is 1.55. The van der Waals surface area contributed by atoms with E-state index < -0.39 is 17.8 Å². The molecule has 1 aliphatic rings. The number of nitriles is 1. The van der Waals surface area contributed by atoms with E-state index in [4.69, 9.17) is 10.00 Å². The van der Waals surface area contributed by atoms with E-state index in [9.17, 15) is 14.7 Å². The van der Waals surface area contributed by atoms with E-state index in [1.807, 2.05) is 13.0 Å². The van der Waals surface area contributed by atoms with Gasteiger partial charge in [-0.3, -0.25) is 9.59 Å². The Hall–Kier alpha value is -1.61. The van der Waals surface area contributed by atoms with Crippen molar-refractivity contribution in [1.29, 1.82) is 5.26 Å². The topological polar surface area (TPSA) is 90.6 Å². The van der Waals surface area contributed by atoms with E-state index >= 15 is 0 Å². The third kappa shape index (κ3) is 4.71. The number of aliphatic carboxylic acids is 1. The lowest BCUT2D eigenvalue weighted by Gasteiger charge is -2.26. The first kappa shape index (κ1) is 17.4. The molecule has 3 atom stereocenters. The van der Waals surface area contributed by atoms with Gasteiger partial charge in [-0.05, 0) is 18.8 Å². The molecule has 1 amide bonds. The van der Waals surface area contributed by atoms with Crippen LogP contribution in [0.1, 0.15) is 32.6 Å². The number of nitrogens with zero attached hydrogens (tertiary/aromatic N) is 2. The van der Waals surface area contributed by atoms with Gasteiger partial charge in [0.25, 0.3) is 0 Å². The van der Waals surface area contributed by atoms with Crippen LogP contribution in [0.3, 0.4) is 0 Å². The van der Waals surface area contributed by atoms with Gasteiger partial charge < -0.3 is 14.7 Å². The van der Waals surface area contributed by atoms with Gasteiger partial charge in [-0.15, -0.1) is 0 Å². The zero-order chi connectivity index (χ0) is 15.8. The van der Waals surface area contributed by atoms with Crippen LogP contribution in [0.15, 0.2) is 0 Å². The Morgan fingerprint density at radius 3 is 2.52 bits per heavy atom. The van der Waals surface area contributed by atoms with Gasteiger partial charge in [0, 0.05) is 20.2 Å². The van der Waals surface area contributed by atoms with Crippen molar-refractivity contribution in [2.24, 2.45) is 17.8 Å². The fourth-order valence-electron chi connectivity index (χ4n) is 2.98. The molecule has 0 aromatic heterocycles. The summed E-state index contributed by atoms with van der Waals surface area (Å²) in [6.07, 6.45) is 2.34. The highest BCUT2D eigenvalue weighted by atomic mass is 16.5. The highest BCUT2D eigenvalue weighted by molar-refractivity contribution is 5.85. The molecule has 3 unspecified atom stereocenters. The van der Waals surface area contributed by atoms with Crippen molar-refractivity contribution in [1.82, 2.24) is 4.90 Å². The molecule has 1 N–H and O–H groups in total. The summed E-state index contributed by atoms with van der Waals surface area (Å²) in [5.74, 6) is -1.82. The van der Waals surface area contributed by atoms with Crippen molar-refractivity contribution in [2.75, 3.05) is 26.8 Å². The number of methoxy groups -OCH3 is 1. The summed E-state index contributed by atoms with van der Waals surface area (Å²) in [6.45, 7) is 3.14. The Balaban J connectivity index is 2.79. The monoisotopic (exact) mass is 296 g/mol. The maximum Gasteiger partial charge on any atom is 0.307 e. The molecule has 0 aromatic rings. The summed E-state index contributed by atoms with van der Waals surface area (Å²) in [4.78, 5) is 25.6. The standard InChI is InChI=1S/C15H24N2O4/c1-3-11-9-12(13(10-11)15(19)20)14(18)17(6-4-5-16)7-8-21-2/h11-13H,3-4,6-10H2,1-2H3,(H,19,20). The van der Waals surface area contributed by atoms with Crippen LogP contribution in [-0.4, -0.2) is 48.7 Å². The third-order valence-electron chi connectivity index (χ3n) is 4.24. The molecule has 0 saturated heterocycles. The lowest BCUT2D eigenvalue weighted by molar-refractivity contribution is -0.149. The number of carboxylic acid groups (broad SMARTS) is 1. The van der Waals surface area contributed by atoms with E-state index in [-0.39, 0.29) is 12.3 Å². The van der Waals surface area contributed by atoms with Crippen molar-refractivity contribution in [2.45, 2.75) is 32.6 Å².